The average Bonchev–Trinajstić information content (AvgIpc) is 2.39. The van der Waals surface area contributed by atoms with E-state index < -0.39 is 0 Å². The summed E-state index contributed by atoms with van der Waals surface area (Å²) in [4.78, 5) is 0. The molecule has 0 spiro atoms. The van der Waals surface area contributed by atoms with Crippen LogP contribution in [-0.2, 0) is 0 Å². The van der Waals surface area contributed by atoms with Crippen molar-refractivity contribution >= 4 is 60.9 Å². The fraction of sp³-hybridized carbons (Fsp3) is 0.500. The van der Waals surface area contributed by atoms with E-state index in [1.807, 2.05) is 50.1 Å². The van der Waals surface area contributed by atoms with Crippen molar-refractivity contribution in [2.75, 3.05) is 5.75 Å². The van der Waals surface area contributed by atoms with Crippen LogP contribution in [0.4, 0.5) is 0 Å². The Morgan fingerprint density at radius 3 is 2.50 bits per heavy atom. The van der Waals surface area contributed by atoms with Gasteiger partial charge in [-0.15, -0.1) is 0 Å². The zero-order valence-corrected chi connectivity index (χ0v) is 15.1. The first kappa shape index (κ1) is 17.4. The molecular formula is C12H18S6. The molecule has 0 fully saturated rings. The second-order valence-corrected chi connectivity index (χ2v) is 13.0. The normalized spacial score (nSPS) is 26.7. The van der Waals surface area contributed by atoms with Gasteiger partial charge < -0.3 is 0 Å². The van der Waals surface area contributed by atoms with E-state index in [4.69, 9.17) is 0 Å². The Kier molecular flexibility index (Phi) is 14.2. The van der Waals surface area contributed by atoms with E-state index in [0.717, 1.165) is 0 Å². The maximum atomic E-state index is 2.27. The molecular weight excluding hydrogens is 337 g/mol. The van der Waals surface area contributed by atoms with Crippen LogP contribution in [0.25, 0.3) is 0 Å². The van der Waals surface area contributed by atoms with Crippen molar-refractivity contribution in [2.45, 2.75) is 32.1 Å². The molecule has 0 nitrogen and oxygen atoms in total. The predicted molar refractivity (Wildman–Crippen MR) is 101 cm³/mol. The summed E-state index contributed by atoms with van der Waals surface area (Å²) in [6.07, 6.45) is 17.4. The number of hydrogen-bond donors (Lipinski definition) is 0. The minimum atomic E-state index is 1.22. The Morgan fingerprint density at radius 2 is 1.50 bits per heavy atom. The van der Waals surface area contributed by atoms with Gasteiger partial charge in [0.2, 0.25) is 0 Å². The molecule has 1 aliphatic heterocycles. The third-order valence-corrected chi connectivity index (χ3v) is 12.6. The molecule has 102 valence electrons. The highest BCUT2D eigenvalue weighted by molar-refractivity contribution is 9.42. The molecule has 6 heteroatoms. The van der Waals surface area contributed by atoms with Crippen LogP contribution in [-0.4, -0.2) is 5.75 Å². The lowest BCUT2D eigenvalue weighted by atomic mass is 10.1. The van der Waals surface area contributed by atoms with E-state index in [1.54, 1.807) is 10.8 Å². The van der Waals surface area contributed by atoms with Gasteiger partial charge in [0.15, 0.2) is 0 Å². The molecule has 0 radical (unpaired) electrons. The Hall–Kier alpha value is 1.32. The summed E-state index contributed by atoms with van der Waals surface area (Å²) < 4.78 is 0. The smallest absolute Gasteiger partial charge is 0.00454 e. The SMILES string of the molecule is C1=C\C=C\SSSSSSCCCCCC/C=C/1. The summed E-state index contributed by atoms with van der Waals surface area (Å²) in [6.45, 7) is 0. The van der Waals surface area contributed by atoms with Gasteiger partial charge in [-0.3, -0.25) is 0 Å². The number of allylic oxidation sites excluding steroid dienone is 5. The maximum absolute atomic E-state index is 2.27. The lowest BCUT2D eigenvalue weighted by Gasteiger charge is -2.00. The fourth-order valence-corrected chi connectivity index (χ4v) is 12.1. The highest BCUT2D eigenvalue weighted by Gasteiger charge is 1.94. The summed E-state index contributed by atoms with van der Waals surface area (Å²) in [5, 5.41) is 2.13. The zero-order valence-electron chi connectivity index (χ0n) is 10.2. The van der Waals surface area contributed by atoms with Gasteiger partial charge in [-0.2, -0.15) is 0 Å². The van der Waals surface area contributed by atoms with Gasteiger partial charge in [-0.25, -0.2) is 0 Å². The van der Waals surface area contributed by atoms with Gasteiger partial charge in [0, 0.05) is 5.75 Å². The summed E-state index contributed by atoms with van der Waals surface area (Å²) >= 11 is 0. The molecule has 0 saturated heterocycles. The van der Waals surface area contributed by atoms with Gasteiger partial charge in [0.1, 0.15) is 0 Å². The highest BCUT2D eigenvalue weighted by atomic mass is 33.9. The van der Waals surface area contributed by atoms with Crippen molar-refractivity contribution in [3.8, 4) is 0 Å². The van der Waals surface area contributed by atoms with Gasteiger partial charge in [-0.1, -0.05) is 64.8 Å². The van der Waals surface area contributed by atoms with E-state index in [9.17, 15) is 0 Å². The maximum Gasteiger partial charge on any atom is 0.00454 e. The molecule has 0 aromatic rings. The van der Waals surface area contributed by atoms with Crippen molar-refractivity contribution in [1.82, 2.24) is 0 Å². The summed E-state index contributed by atoms with van der Waals surface area (Å²) in [5.41, 5.74) is 0. The van der Waals surface area contributed by atoms with E-state index in [0.29, 0.717) is 0 Å². The first-order valence-electron chi connectivity index (χ1n) is 5.93. The Morgan fingerprint density at radius 1 is 0.667 bits per heavy atom. The highest BCUT2D eigenvalue weighted by Crippen LogP contribution is 2.52. The molecule has 1 heterocycles. The van der Waals surface area contributed by atoms with Crippen molar-refractivity contribution in [1.29, 1.82) is 0 Å². The standard InChI is InChI=1S/C12H18S6/c1-2-4-6-8-10-12-14-16-18-17-15-13-11-9-7-5-3-1/h1,3,5,7,9,11H,2,4,6,8,10,12H2/b3-1+,7-5-,11-9+. The molecule has 0 amide bonds. The molecule has 0 saturated carbocycles. The Balaban J connectivity index is 2.20. The van der Waals surface area contributed by atoms with Crippen LogP contribution in [0.3, 0.4) is 0 Å². The van der Waals surface area contributed by atoms with Gasteiger partial charge >= 0.3 is 0 Å². The van der Waals surface area contributed by atoms with Crippen molar-refractivity contribution in [2.24, 2.45) is 0 Å². The lowest BCUT2D eigenvalue weighted by Crippen LogP contribution is -1.79. The van der Waals surface area contributed by atoms with Crippen molar-refractivity contribution in [3.63, 3.8) is 0 Å². The van der Waals surface area contributed by atoms with Crippen LogP contribution in [0, 0.1) is 0 Å². The minimum absolute atomic E-state index is 1.22. The number of rotatable bonds is 0. The molecule has 0 unspecified atom stereocenters. The molecule has 0 N–H and O–H groups in total. The molecule has 18 heavy (non-hydrogen) atoms. The van der Waals surface area contributed by atoms with E-state index in [1.165, 1.54) is 37.9 Å². The summed E-state index contributed by atoms with van der Waals surface area (Å²) in [7, 11) is 11.2. The van der Waals surface area contributed by atoms with Crippen LogP contribution in [0.5, 0.6) is 0 Å². The Labute approximate surface area is 133 Å². The molecule has 1 aliphatic rings. The fourth-order valence-electron chi connectivity index (χ4n) is 1.27. The van der Waals surface area contributed by atoms with Crippen LogP contribution < -0.4 is 0 Å². The lowest BCUT2D eigenvalue weighted by molar-refractivity contribution is 0.678. The van der Waals surface area contributed by atoms with Crippen LogP contribution in [0.15, 0.2) is 35.8 Å². The first-order valence-corrected chi connectivity index (χ1v) is 13.6. The topological polar surface area (TPSA) is 0 Å². The molecule has 1 rings (SSSR count). The molecule has 0 aromatic carbocycles. The molecule has 0 atom stereocenters. The monoisotopic (exact) mass is 354 g/mol. The molecule has 0 aromatic heterocycles. The van der Waals surface area contributed by atoms with Gasteiger partial charge in [0.25, 0.3) is 0 Å². The van der Waals surface area contributed by atoms with Crippen molar-refractivity contribution < 1.29 is 0 Å². The van der Waals surface area contributed by atoms with E-state index >= 15 is 0 Å². The number of hydrogen-bond acceptors (Lipinski definition) is 6. The first-order chi connectivity index (χ1) is 9.00. The van der Waals surface area contributed by atoms with Gasteiger partial charge in [0.05, 0.1) is 0 Å². The van der Waals surface area contributed by atoms with Crippen LogP contribution in [0.1, 0.15) is 32.1 Å². The van der Waals surface area contributed by atoms with E-state index in [2.05, 4.69) is 35.8 Å². The second-order valence-electron chi connectivity index (χ2n) is 3.53. The minimum Gasteiger partial charge on any atom is -0.0845 e. The molecule has 0 aliphatic carbocycles. The zero-order chi connectivity index (χ0) is 12.7. The molecule has 0 bridgehead atoms. The summed E-state index contributed by atoms with van der Waals surface area (Å²) in [6, 6.07) is 0. The quantitative estimate of drug-likeness (QED) is 0.409. The predicted octanol–water partition coefficient (Wildman–Crippen LogP) is 7.55. The van der Waals surface area contributed by atoms with Crippen molar-refractivity contribution in [3.05, 3.63) is 35.8 Å². The van der Waals surface area contributed by atoms with Crippen LogP contribution >= 0.6 is 60.9 Å². The van der Waals surface area contributed by atoms with E-state index in [-0.39, 0.29) is 0 Å². The third-order valence-electron chi connectivity index (χ3n) is 2.12. The largest absolute Gasteiger partial charge is 0.0845 e. The average molecular weight is 355 g/mol. The van der Waals surface area contributed by atoms with Gasteiger partial charge in [-0.05, 0) is 64.0 Å². The summed E-state index contributed by atoms with van der Waals surface area (Å²) in [5.74, 6) is 1.29. The third kappa shape index (κ3) is 12.4. The van der Waals surface area contributed by atoms with Crippen LogP contribution in [0.2, 0.25) is 0 Å². The Bertz CT molecular complexity index is 235. The second kappa shape index (κ2) is 14.7.